The molecule has 0 amide bonds. The van der Waals surface area contributed by atoms with Crippen molar-refractivity contribution < 1.29 is 0 Å². The molecule has 0 aliphatic carbocycles. The Morgan fingerprint density at radius 3 is 1.71 bits per heavy atom. The molecule has 1 heteroatoms. The lowest BCUT2D eigenvalue weighted by atomic mass is 9.70. The van der Waals surface area contributed by atoms with Gasteiger partial charge >= 0.3 is 0 Å². The Balaban J connectivity index is 3.06. The molecule has 1 unspecified atom stereocenters. The molecule has 1 saturated heterocycles. The van der Waals surface area contributed by atoms with Crippen LogP contribution in [0, 0.1) is 29.6 Å². The van der Waals surface area contributed by atoms with E-state index < -0.39 is 0 Å². The molecule has 0 bridgehead atoms. The number of likely N-dealkylation sites (tertiary alicyclic amines) is 1. The fourth-order valence-electron chi connectivity index (χ4n) is 4.77. The Morgan fingerprint density at radius 2 is 1.33 bits per heavy atom. The molecule has 1 rings (SSSR count). The molecule has 0 aromatic heterocycles. The largest absolute Gasteiger partial charge is 0.297 e. The highest BCUT2D eigenvalue weighted by Crippen LogP contribution is 2.47. The van der Waals surface area contributed by atoms with Gasteiger partial charge in [-0.2, -0.15) is 0 Å². The van der Waals surface area contributed by atoms with Gasteiger partial charge in [0.25, 0.3) is 0 Å². The van der Waals surface area contributed by atoms with Gasteiger partial charge in [-0.1, -0.05) is 55.4 Å². The molecule has 1 heterocycles. The average molecular weight is 296 g/mol. The van der Waals surface area contributed by atoms with Crippen molar-refractivity contribution in [2.24, 2.45) is 29.6 Å². The van der Waals surface area contributed by atoms with Gasteiger partial charge < -0.3 is 0 Å². The molecule has 0 N–H and O–H groups in total. The molecular weight excluding hydrogens is 254 g/mol. The van der Waals surface area contributed by atoms with E-state index in [1.807, 2.05) is 0 Å². The van der Waals surface area contributed by atoms with Gasteiger partial charge in [0.2, 0.25) is 0 Å². The van der Waals surface area contributed by atoms with Crippen LogP contribution in [0.3, 0.4) is 0 Å². The highest BCUT2D eigenvalue weighted by molar-refractivity contribution is 5.03. The molecule has 21 heavy (non-hydrogen) atoms. The minimum absolute atomic E-state index is 0.469. The normalized spacial score (nSPS) is 23.1. The summed E-state index contributed by atoms with van der Waals surface area (Å²) in [7, 11) is 0. The summed E-state index contributed by atoms with van der Waals surface area (Å²) in [6.07, 6.45) is 5.60. The van der Waals surface area contributed by atoms with Crippen LogP contribution < -0.4 is 0 Å². The first-order valence-corrected chi connectivity index (χ1v) is 9.42. The quantitative estimate of drug-likeness (QED) is 0.543. The summed E-state index contributed by atoms with van der Waals surface area (Å²) >= 11 is 0. The smallest absolute Gasteiger partial charge is 0.0243 e. The first-order chi connectivity index (χ1) is 9.67. The van der Waals surface area contributed by atoms with Gasteiger partial charge in [-0.3, -0.25) is 4.90 Å². The van der Waals surface area contributed by atoms with Crippen LogP contribution in [0.1, 0.15) is 81.1 Å². The number of hydrogen-bond acceptors (Lipinski definition) is 1. The van der Waals surface area contributed by atoms with Crippen molar-refractivity contribution in [3.05, 3.63) is 0 Å². The zero-order valence-corrected chi connectivity index (χ0v) is 16.1. The van der Waals surface area contributed by atoms with Crippen LogP contribution in [0.5, 0.6) is 0 Å². The minimum Gasteiger partial charge on any atom is -0.297 e. The van der Waals surface area contributed by atoms with Crippen LogP contribution in [0.25, 0.3) is 0 Å². The van der Waals surface area contributed by atoms with Crippen molar-refractivity contribution in [3.63, 3.8) is 0 Å². The van der Waals surface area contributed by atoms with E-state index in [0.717, 1.165) is 29.6 Å². The lowest BCUT2D eigenvalue weighted by Crippen LogP contribution is -2.51. The van der Waals surface area contributed by atoms with E-state index >= 15 is 0 Å². The predicted octanol–water partition coefficient (Wildman–Crippen LogP) is 5.84. The maximum absolute atomic E-state index is 2.89. The number of nitrogens with zero attached hydrogens (tertiary/aromatic N) is 1. The van der Waals surface area contributed by atoms with E-state index in [4.69, 9.17) is 0 Å². The van der Waals surface area contributed by atoms with E-state index in [2.05, 4.69) is 60.3 Å². The summed E-state index contributed by atoms with van der Waals surface area (Å²) in [5.74, 6) is 4.10. The van der Waals surface area contributed by atoms with E-state index in [1.54, 1.807) is 0 Å². The SMILES string of the molecule is CC(C)CC1CCN(CC(C)C)C1(CC(C)C)CC(C)C. The van der Waals surface area contributed by atoms with E-state index in [1.165, 1.54) is 38.8 Å². The van der Waals surface area contributed by atoms with Gasteiger partial charge in [-0.25, -0.2) is 0 Å². The first-order valence-electron chi connectivity index (χ1n) is 9.42. The Bertz CT molecular complexity index is 260. The Hall–Kier alpha value is -0.0400. The lowest BCUT2D eigenvalue weighted by Gasteiger charge is -2.46. The molecule has 1 atom stereocenters. The third-order valence-electron chi connectivity index (χ3n) is 5.00. The zero-order chi connectivity index (χ0) is 16.2. The molecule has 0 saturated carbocycles. The van der Waals surface area contributed by atoms with E-state index in [-0.39, 0.29) is 0 Å². The Labute approximate surface area is 134 Å². The molecule has 0 spiro atoms. The van der Waals surface area contributed by atoms with Crippen molar-refractivity contribution in [1.82, 2.24) is 4.90 Å². The third kappa shape index (κ3) is 5.27. The van der Waals surface area contributed by atoms with Crippen molar-refractivity contribution in [2.75, 3.05) is 13.1 Å². The molecule has 1 fully saturated rings. The van der Waals surface area contributed by atoms with E-state index in [9.17, 15) is 0 Å². The molecule has 1 aliphatic rings. The van der Waals surface area contributed by atoms with Gasteiger partial charge in [0.1, 0.15) is 0 Å². The monoisotopic (exact) mass is 295 g/mol. The van der Waals surface area contributed by atoms with Gasteiger partial charge in [0.15, 0.2) is 0 Å². The minimum atomic E-state index is 0.469. The van der Waals surface area contributed by atoms with Gasteiger partial charge in [-0.15, -0.1) is 0 Å². The number of rotatable bonds is 8. The second-order valence-electron chi connectivity index (χ2n) is 9.25. The summed E-state index contributed by atoms with van der Waals surface area (Å²) in [5, 5.41) is 0. The summed E-state index contributed by atoms with van der Waals surface area (Å²) in [6, 6.07) is 0. The second kappa shape index (κ2) is 7.99. The molecule has 126 valence electrons. The molecule has 0 radical (unpaired) electrons. The van der Waals surface area contributed by atoms with E-state index in [0.29, 0.717) is 5.54 Å². The maximum Gasteiger partial charge on any atom is 0.0243 e. The maximum atomic E-state index is 2.89. The second-order valence-corrected chi connectivity index (χ2v) is 9.25. The van der Waals surface area contributed by atoms with Crippen molar-refractivity contribution >= 4 is 0 Å². The topological polar surface area (TPSA) is 3.24 Å². The van der Waals surface area contributed by atoms with Crippen molar-refractivity contribution in [1.29, 1.82) is 0 Å². The standard InChI is InChI=1S/C20H41N/c1-15(2)11-19-9-10-21(14-18(7)8)20(19,12-16(3)4)13-17(5)6/h15-19H,9-14H2,1-8H3. The fraction of sp³-hybridized carbons (Fsp3) is 1.00. The lowest BCUT2D eigenvalue weighted by molar-refractivity contribution is 0.0382. The van der Waals surface area contributed by atoms with Gasteiger partial charge in [-0.05, 0) is 61.8 Å². The number of hydrogen-bond donors (Lipinski definition) is 0. The molecule has 1 nitrogen and oxygen atoms in total. The third-order valence-corrected chi connectivity index (χ3v) is 5.00. The highest BCUT2D eigenvalue weighted by atomic mass is 15.2. The van der Waals surface area contributed by atoms with Crippen molar-refractivity contribution in [3.8, 4) is 0 Å². The van der Waals surface area contributed by atoms with Crippen LogP contribution in [0.4, 0.5) is 0 Å². The first kappa shape index (κ1) is 19.0. The fourth-order valence-corrected chi connectivity index (χ4v) is 4.77. The van der Waals surface area contributed by atoms with Gasteiger partial charge in [0, 0.05) is 12.1 Å². The summed E-state index contributed by atoms with van der Waals surface area (Å²) in [5.41, 5.74) is 0.469. The van der Waals surface area contributed by atoms with Crippen LogP contribution in [-0.4, -0.2) is 23.5 Å². The molecule has 0 aromatic carbocycles. The zero-order valence-electron chi connectivity index (χ0n) is 16.1. The molecule has 1 aliphatic heterocycles. The molecule has 0 aromatic rings. The summed E-state index contributed by atoms with van der Waals surface area (Å²) in [4.78, 5) is 2.89. The Kier molecular flexibility index (Phi) is 7.24. The van der Waals surface area contributed by atoms with Crippen molar-refractivity contribution in [2.45, 2.75) is 86.6 Å². The Morgan fingerprint density at radius 1 is 0.810 bits per heavy atom. The highest BCUT2D eigenvalue weighted by Gasteiger charge is 2.48. The van der Waals surface area contributed by atoms with Crippen LogP contribution in [-0.2, 0) is 0 Å². The average Bonchev–Trinajstić information content (AvgIpc) is 2.55. The summed E-state index contributed by atoms with van der Waals surface area (Å²) < 4.78 is 0. The van der Waals surface area contributed by atoms with Crippen LogP contribution >= 0.6 is 0 Å². The molecular formula is C20H41N. The van der Waals surface area contributed by atoms with Crippen LogP contribution in [0.2, 0.25) is 0 Å². The van der Waals surface area contributed by atoms with Gasteiger partial charge in [0.05, 0.1) is 0 Å². The van der Waals surface area contributed by atoms with Crippen LogP contribution in [0.15, 0.2) is 0 Å². The summed E-state index contributed by atoms with van der Waals surface area (Å²) in [6.45, 7) is 21.8. The predicted molar refractivity (Wildman–Crippen MR) is 95.6 cm³/mol.